The van der Waals surface area contributed by atoms with Crippen LogP contribution in [-0.2, 0) is 14.6 Å². The minimum atomic E-state index is -3.97. The molecule has 8 heteroatoms. The monoisotopic (exact) mass is 454 g/mol. The minimum Gasteiger partial charge on any atom is -0.462 e. The van der Waals surface area contributed by atoms with E-state index in [4.69, 9.17) is 16.3 Å². The Bertz CT molecular complexity index is 1280. The minimum absolute atomic E-state index is 0.0347. The highest BCUT2D eigenvalue weighted by Gasteiger charge is 2.36. The van der Waals surface area contributed by atoms with Crippen LogP contribution in [0.2, 0.25) is 5.02 Å². The highest BCUT2D eigenvalue weighted by atomic mass is 35.5. The van der Waals surface area contributed by atoms with E-state index in [1.165, 1.54) is 12.1 Å². The number of hydrogen-bond donors (Lipinski definition) is 0. The van der Waals surface area contributed by atoms with Gasteiger partial charge in [-0.1, -0.05) is 35.9 Å². The number of esters is 1. The summed E-state index contributed by atoms with van der Waals surface area (Å²) in [5.41, 5.74) is 2.18. The lowest BCUT2D eigenvalue weighted by molar-refractivity contribution is 0.0526. The van der Waals surface area contributed by atoms with Gasteiger partial charge >= 0.3 is 5.97 Å². The molecule has 0 spiro atoms. The molecule has 1 aliphatic rings. The van der Waals surface area contributed by atoms with Crippen molar-refractivity contribution in [1.29, 1.82) is 5.26 Å². The lowest BCUT2D eigenvalue weighted by Crippen LogP contribution is -2.21. The number of nitrogens with zero attached hydrogens (tertiary/aromatic N) is 2. The van der Waals surface area contributed by atoms with Crippen LogP contribution >= 0.6 is 11.6 Å². The summed E-state index contributed by atoms with van der Waals surface area (Å²) in [4.78, 5) is 15.9. The molecule has 0 bridgehead atoms. The standard InChI is InChI=1S/C23H19ClN2O4S/c1-4-30-23(27)18-7-5-16(6-8-18)21-14(2)20(26-13-25)15(3)22(31(21,28)29)17-9-11-19(24)12-10-17/h5-12H,4H2,1-3H3/b26-20+. The molecule has 2 aromatic carbocycles. The third kappa shape index (κ3) is 4.18. The van der Waals surface area contributed by atoms with Gasteiger partial charge in [-0.15, -0.1) is 0 Å². The van der Waals surface area contributed by atoms with Gasteiger partial charge in [0.05, 0.1) is 27.7 Å². The summed E-state index contributed by atoms with van der Waals surface area (Å²) in [6.07, 6.45) is 1.76. The van der Waals surface area contributed by atoms with Gasteiger partial charge in [-0.3, -0.25) is 0 Å². The molecule has 1 aliphatic heterocycles. The van der Waals surface area contributed by atoms with Crippen LogP contribution in [0.25, 0.3) is 9.81 Å². The van der Waals surface area contributed by atoms with Crippen LogP contribution in [0.1, 0.15) is 42.3 Å². The van der Waals surface area contributed by atoms with Gasteiger partial charge in [0.1, 0.15) is 0 Å². The Morgan fingerprint density at radius 3 is 1.94 bits per heavy atom. The second-order valence-electron chi connectivity index (χ2n) is 6.78. The third-order valence-corrected chi connectivity index (χ3v) is 7.27. The van der Waals surface area contributed by atoms with Crippen molar-refractivity contribution in [2.24, 2.45) is 4.99 Å². The summed E-state index contributed by atoms with van der Waals surface area (Å²) in [6.45, 7) is 5.19. The molecule has 0 aromatic heterocycles. The smallest absolute Gasteiger partial charge is 0.338 e. The van der Waals surface area contributed by atoms with Crippen molar-refractivity contribution in [3.63, 3.8) is 0 Å². The van der Waals surface area contributed by atoms with Gasteiger partial charge < -0.3 is 4.74 Å². The molecule has 3 rings (SSSR count). The molecule has 1 heterocycles. The molecule has 2 aromatic rings. The maximum Gasteiger partial charge on any atom is 0.338 e. The fourth-order valence-corrected chi connectivity index (χ4v) is 5.76. The Hall–Kier alpha value is -3.21. The fraction of sp³-hybridized carbons (Fsp3) is 0.174. The van der Waals surface area contributed by atoms with E-state index in [-0.39, 0.29) is 16.4 Å². The zero-order chi connectivity index (χ0) is 22.8. The Labute approximate surface area is 186 Å². The van der Waals surface area contributed by atoms with Crippen LogP contribution in [0.5, 0.6) is 0 Å². The average Bonchev–Trinajstić information content (AvgIpc) is 2.73. The number of rotatable bonds is 4. The van der Waals surface area contributed by atoms with Crippen LogP contribution < -0.4 is 0 Å². The number of carbonyl (C=O) groups is 1. The van der Waals surface area contributed by atoms with Gasteiger partial charge in [0.25, 0.3) is 0 Å². The Morgan fingerprint density at radius 1 is 1.00 bits per heavy atom. The molecule has 158 valence electrons. The predicted octanol–water partition coefficient (Wildman–Crippen LogP) is 5.03. The first-order valence-corrected chi connectivity index (χ1v) is 11.3. The summed E-state index contributed by atoms with van der Waals surface area (Å²) in [7, 11) is -3.97. The first-order chi connectivity index (χ1) is 14.7. The fourth-order valence-electron chi connectivity index (χ4n) is 3.54. The largest absolute Gasteiger partial charge is 0.462 e. The Morgan fingerprint density at radius 2 is 1.48 bits per heavy atom. The van der Waals surface area contributed by atoms with Gasteiger partial charge in [0, 0.05) is 5.02 Å². The second kappa shape index (κ2) is 8.88. The summed E-state index contributed by atoms with van der Waals surface area (Å²) in [5.74, 6) is -0.490. The van der Waals surface area contributed by atoms with E-state index in [1.807, 2.05) is 0 Å². The number of carbonyl (C=O) groups excluding carboxylic acids is 1. The van der Waals surface area contributed by atoms with Gasteiger partial charge in [-0.05, 0) is 67.3 Å². The molecule has 0 saturated carbocycles. The van der Waals surface area contributed by atoms with Crippen molar-refractivity contribution in [1.82, 2.24) is 0 Å². The lowest BCUT2D eigenvalue weighted by Gasteiger charge is -2.24. The number of aliphatic imine (C=N–C) groups is 1. The number of halogens is 1. The normalized spacial score (nSPS) is 16.9. The van der Waals surface area contributed by atoms with Crippen LogP contribution in [0.3, 0.4) is 0 Å². The number of nitriles is 1. The number of hydrogen-bond acceptors (Lipinski definition) is 6. The molecule has 0 N–H and O–H groups in total. The van der Waals surface area contributed by atoms with E-state index in [0.717, 1.165) is 0 Å². The number of allylic oxidation sites excluding steroid dienone is 2. The van der Waals surface area contributed by atoms with E-state index in [1.54, 1.807) is 63.4 Å². The third-order valence-electron chi connectivity index (χ3n) is 4.86. The van der Waals surface area contributed by atoms with E-state index in [2.05, 4.69) is 4.99 Å². The van der Waals surface area contributed by atoms with Crippen molar-refractivity contribution in [3.8, 4) is 6.19 Å². The van der Waals surface area contributed by atoms with E-state index >= 15 is 0 Å². The van der Waals surface area contributed by atoms with Gasteiger partial charge in [0.15, 0.2) is 0 Å². The molecule has 31 heavy (non-hydrogen) atoms. The summed E-state index contributed by atoms with van der Waals surface area (Å²) in [5, 5.41) is 9.66. The zero-order valence-electron chi connectivity index (χ0n) is 17.1. The quantitative estimate of drug-likeness (QED) is 0.476. The molecular weight excluding hydrogens is 436 g/mol. The van der Waals surface area contributed by atoms with E-state index in [0.29, 0.717) is 38.6 Å². The topological polar surface area (TPSA) is 96.6 Å². The number of benzene rings is 2. The average molecular weight is 455 g/mol. The van der Waals surface area contributed by atoms with Gasteiger partial charge in [-0.25, -0.2) is 13.2 Å². The number of sulfone groups is 1. The second-order valence-corrected chi connectivity index (χ2v) is 9.04. The van der Waals surface area contributed by atoms with Crippen LogP contribution in [-0.4, -0.2) is 26.7 Å². The molecule has 0 fully saturated rings. The molecule has 0 atom stereocenters. The first kappa shape index (κ1) is 22.5. The van der Waals surface area contributed by atoms with Crippen molar-refractivity contribution < 1.29 is 17.9 Å². The molecule has 0 radical (unpaired) electrons. The van der Waals surface area contributed by atoms with Crippen LogP contribution in [0.4, 0.5) is 0 Å². The number of ether oxygens (including phenoxy) is 1. The molecule has 0 aliphatic carbocycles. The molecule has 0 amide bonds. The van der Waals surface area contributed by atoms with Crippen LogP contribution in [0.15, 0.2) is 64.7 Å². The summed E-state index contributed by atoms with van der Waals surface area (Å²) in [6, 6.07) is 12.6. The maximum atomic E-state index is 13.7. The van der Waals surface area contributed by atoms with Crippen molar-refractivity contribution in [2.75, 3.05) is 6.61 Å². The van der Waals surface area contributed by atoms with Gasteiger partial charge in [0.2, 0.25) is 16.0 Å². The first-order valence-electron chi connectivity index (χ1n) is 9.40. The summed E-state index contributed by atoms with van der Waals surface area (Å²) < 4.78 is 32.4. The Balaban J connectivity index is 2.22. The molecule has 6 nitrogen and oxygen atoms in total. The van der Waals surface area contributed by atoms with Crippen LogP contribution in [0, 0.1) is 11.5 Å². The highest BCUT2D eigenvalue weighted by Crippen LogP contribution is 2.42. The highest BCUT2D eigenvalue weighted by molar-refractivity contribution is 8.09. The van der Waals surface area contributed by atoms with Gasteiger partial charge in [-0.2, -0.15) is 10.3 Å². The molecule has 0 unspecified atom stereocenters. The Kier molecular flexibility index (Phi) is 6.44. The maximum absolute atomic E-state index is 13.7. The zero-order valence-corrected chi connectivity index (χ0v) is 18.7. The van der Waals surface area contributed by atoms with Crippen molar-refractivity contribution in [3.05, 3.63) is 81.4 Å². The van der Waals surface area contributed by atoms with Crippen molar-refractivity contribution >= 4 is 42.9 Å². The molecular formula is C23H19ClN2O4S. The summed E-state index contributed by atoms with van der Waals surface area (Å²) >= 11 is 5.97. The SMILES string of the molecule is CCOC(=O)c1ccc(C2=C(C)/C(=N\C#N)C(C)=C(c3ccc(Cl)cc3)S2(=O)=O)cc1. The van der Waals surface area contributed by atoms with E-state index in [9.17, 15) is 18.5 Å². The lowest BCUT2D eigenvalue weighted by atomic mass is 9.98. The van der Waals surface area contributed by atoms with E-state index < -0.39 is 15.8 Å². The van der Waals surface area contributed by atoms with Crippen molar-refractivity contribution in [2.45, 2.75) is 20.8 Å². The molecule has 0 saturated heterocycles. The predicted molar refractivity (Wildman–Crippen MR) is 121 cm³/mol.